The predicted molar refractivity (Wildman–Crippen MR) is 61.7 cm³/mol. The summed E-state index contributed by atoms with van der Waals surface area (Å²) in [5.74, 6) is 0.0460. The Balaban J connectivity index is 2.55. The van der Waals surface area contributed by atoms with Crippen LogP contribution in [-0.4, -0.2) is 24.7 Å². The molecule has 0 aromatic heterocycles. The lowest BCUT2D eigenvalue weighted by atomic mass is 10.1. The van der Waals surface area contributed by atoms with Gasteiger partial charge in [0.2, 0.25) is 5.90 Å². The summed E-state index contributed by atoms with van der Waals surface area (Å²) < 4.78 is 43.5. The van der Waals surface area contributed by atoms with Gasteiger partial charge in [-0.15, -0.1) is 5.10 Å². The van der Waals surface area contributed by atoms with E-state index < -0.39 is 21.8 Å². The summed E-state index contributed by atoms with van der Waals surface area (Å²) >= 11 is 11.3. The van der Waals surface area contributed by atoms with Crippen molar-refractivity contribution < 1.29 is 17.9 Å². The van der Waals surface area contributed by atoms with Gasteiger partial charge in [0.15, 0.2) is 6.73 Å². The number of halogens is 5. The third-order valence-corrected chi connectivity index (χ3v) is 2.96. The van der Waals surface area contributed by atoms with Crippen LogP contribution in [0.3, 0.4) is 0 Å². The Hall–Kier alpha value is -1.14. The van der Waals surface area contributed by atoms with Crippen LogP contribution in [0.5, 0.6) is 0 Å². The highest BCUT2D eigenvalue weighted by atomic mass is 35.5. The van der Waals surface area contributed by atoms with Crippen LogP contribution in [0.25, 0.3) is 0 Å². The Morgan fingerprint density at radius 3 is 2.50 bits per heavy atom. The van der Waals surface area contributed by atoms with Gasteiger partial charge >= 0.3 is 6.18 Å². The molecule has 1 aliphatic rings. The molecule has 0 aliphatic carbocycles. The van der Waals surface area contributed by atoms with Crippen molar-refractivity contribution in [2.75, 3.05) is 13.8 Å². The first-order valence-corrected chi connectivity index (χ1v) is 5.54. The molecule has 0 radical (unpaired) electrons. The first-order valence-electron chi connectivity index (χ1n) is 4.79. The van der Waals surface area contributed by atoms with Gasteiger partial charge in [-0.2, -0.15) is 13.2 Å². The number of hydrogen-bond acceptors (Lipinski definition) is 3. The van der Waals surface area contributed by atoms with Crippen molar-refractivity contribution in [3.63, 3.8) is 0 Å². The van der Waals surface area contributed by atoms with Crippen LogP contribution in [0, 0.1) is 0 Å². The van der Waals surface area contributed by atoms with Crippen molar-refractivity contribution in [3.05, 3.63) is 33.3 Å². The van der Waals surface area contributed by atoms with Gasteiger partial charge < -0.3 is 4.74 Å². The molecular weight excluding hydrogens is 292 g/mol. The van der Waals surface area contributed by atoms with Gasteiger partial charge in [0.1, 0.15) is 0 Å². The maximum Gasteiger partial charge on any atom is 0.419 e. The largest absolute Gasteiger partial charge is 0.453 e. The quantitative estimate of drug-likeness (QED) is 0.791. The molecule has 3 nitrogen and oxygen atoms in total. The highest BCUT2D eigenvalue weighted by Gasteiger charge is 2.37. The minimum absolute atomic E-state index is 0.0460. The Labute approximate surface area is 111 Å². The number of benzene rings is 1. The van der Waals surface area contributed by atoms with Crippen molar-refractivity contribution >= 4 is 29.1 Å². The molecule has 0 spiro atoms. The van der Waals surface area contributed by atoms with Crippen molar-refractivity contribution in [1.82, 2.24) is 5.01 Å². The maximum atomic E-state index is 12.8. The third kappa shape index (κ3) is 2.35. The molecule has 0 fully saturated rings. The monoisotopic (exact) mass is 298 g/mol. The summed E-state index contributed by atoms with van der Waals surface area (Å²) in [4.78, 5) is 0. The van der Waals surface area contributed by atoms with Crippen LogP contribution in [0.15, 0.2) is 17.2 Å². The first kappa shape index (κ1) is 13.3. The van der Waals surface area contributed by atoms with E-state index in [-0.39, 0.29) is 18.2 Å². The fourth-order valence-corrected chi connectivity index (χ4v) is 2.14. The molecule has 0 atom stereocenters. The summed E-state index contributed by atoms with van der Waals surface area (Å²) in [5.41, 5.74) is -1.01. The van der Waals surface area contributed by atoms with Crippen molar-refractivity contribution in [2.45, 2.75) is 6.18 Å². The molecule has 2 rings (SSSR count). The van der Waals surface area contributed by atoms with Gasteiger partial charge in [0.05, 0.1) is 21.2 Å². The van der Waals surface area contributed by atoms with Crippen molar-refractivity contribution in [1.29, 1.82) is 0 Å². The minimum atomic E-state index is -4.63. The molecule has 1 heterocycles. The number of ether oxygens (including phenoxy) is 1. The summed E-state index contributed by atoms with van der Waals surface area (Å²) in [5, 5.41) is 4.38. The topological polar surface area (TPSA) is 24.8 Å². The number of hydrazone groups is 1. The summed E-state index contributed by atoms with van der Waals surface area (Å²) in [7, 11) is 1.63. The molecule has 0 unspecified atom stereocenters. The number of alkyl halides is 3. The Bertz CT molecular complexity index is 517. The van der Waals surface area contributed by atoms with E-state index in [2.05, 4.69) is 5.10 Å². The molecule has 1 aliphatic heterocycles. The normalized spacial score (nSPS) is 15.7. The molecule has 18 heavy (non-hydrogen) atoms. The molecule has 0 saturated heterocycles. The highest BCUT2D eigenvalue weighted by Crippen LogP contribution is 2.41. The average molecular weight is 299 g/mol. The standard InChI is InChI=1S/C10H7Cl2F3N2O/c1-17-4-18-9(16-17)5-2-3-6(11)7(8(5)12)10(13,14)15/h2-3H,4H2,1H3. The second-order valence-electron chi connectivity index (χ2n) is 3.62. The van der Waals surface area contributed by atoms with Crippen LogP contribution in [0.1, 0.15) is 11.1 Å². The molecule has 0 amide bonds. The number of rotatable bonds is 1. The SMILES string of the molecule is CN1COC(c2ccc(Cl)c(C(F)(F)F)c2Cl)=N1. The maximum absolute atomic E-state index is 12.8. The lowest BCUT2D eigenvalue weighted by molar-refractivity contribution is -0.137. The fraction of sp³-hybridized carbons (Fsp3) is 0.300. The van der Waals surface area contributed by atoms with E-state index in [0.29, 0.717) is 0 Å². The van der Waals surface area contributed by atoms with E-state index in [1.165, 1.54) is 11.1 Å². The van der Waals surface area contributed by atoms with E-state index in [1.807, 2.05) is 0 Å². The molecule has 1 aromatic rings. The van der Waals surface area contributed by atoms with Crippen LogP contribution < -0.4 is 0 Å². The molecule has 98 valence electrons. The Kier molecular flexibility index (Phi) is 3.33. The van der Waals surface area contributed by atoms with Crippen LogP contribution in [0.4, 0.5) is 13.2 Å². The Morgan fingerprint density at radius 2 is 2.00 bits per heavy atom. The Morgan fingerprint density at radius 1 is 1.33 bits per heavy atom. The lowest BCUT2D eigenvalue weighted by Gasteiger charge is -2.13. The average Bonchev–Trinajstić information content (AvgIpc) is 2.62. The van der Waals surface area contributed by atoms with E-state index in [9.17, 15) is 13.2 Å². The van der Waals surface area contributed by atoms with Gasteiger partial charge in [-0.3, -0.25) is 5.01 Å². The van der Waals surface area contributed by atoms with Crippen LogP contribution in [-0.2, 0) is 10.9 Å². The zero-order valence-electron chi connectivity index (χ0n) is 9.05. The zero-order chi connectivity index (χ0) is 13.5. The van der Waals surface area contributed by atoms with Crippen LogP contribution in [0.2, 0.25) is 10.0 Å². The van der Waals surface area contributed by atoms with Gasteiger partial charge in [-0.25, -0.2) is 0 Å². The van der Waals surface area contributed by atoms with E-state index in [0.717, 1.165) is 6.07 Å². The smallest absolute Gasteiger partial charge is 0.419 e. The predicted octanol–water partition coefficient (Wildman–Crippen LogP) is 3.59. The summed E-state index contributed by atoms with van der Waals surface area (Å²) in [6.07, 6.45) is -4.63. The van der Waals surface area contributed by atoms with Gasteiger partial charge in [-0.1, -0.05) is 23.2 Å². The highest BCUT2D eigenvalue weighted by molar-refractivity contribution is 6.38. The van der Waals surface area contributed by atoms with E-state index >= 15 is 0 Å². The summed E-state index contributed by atoms with van der Waals surface area (Å²) in [6, 6.07) is 2.47. The second-order valence-corrected chi connectivity index (χ2v) is 4.40. The van der Waals surface area contributed by atoms with Crippen molar-refractivity contribution in [3.8, 4) is 0 Å². The molecule has 0 saturated carbocycles. The zero-order valence-corrected chi connectivity index (χ0v) is 10.6. The fourth-order valence-electron chi connectivity index (χ4n) is 1.48. The van der Waals surface area contributed by atoms with Crippen molar-refractivity contribution in [2.24, 2.45) is 5.10 Å². The lowest BCUT2D eigenvalue weighted by Crippen LogP contribution is -2.11. The molecule has 1 aromatic carbocycles. The van der Waals surface area contributed by atoms with Gasteiger partial charge in [-0.05, 0) is 12.1 Å². The van der Waals surface area contributed by atoms with Gasteiger partial charge in [0.25, 0.3) is 0 Å². The van der Waals surface area contributed by atoms with Crippen LogP contribution >= 0.6 is 23.2 Å². The molecular formula is C10H7Cl2F3N2O. The molecule has 0 N–H and O–H groups in total. The minimum Gasteiger partial charge on any atom is -0.453 e. The first-order chi connectivity index (χ1) is 8.30. The second kappa shape index (κ2) is 4.51. The number of hydrogen-bond donors (Lipinski definition) is 0. The van der Waals surface area contributed by atoms with Gasteiger partial charge in [0, 0.05) is 7.05 Å². The number of nitrogens with zero attached hydrogens (tertiary/aromatic N) is 2. The summed E-state index contributed by atoms with van der Waals surface area (Å²) in [6.45, 7) is 0.162. The molecule has 0 bridgehead atoms. The molecule has 8 heteroatoms. The van der Waals surface area contributed by atoms with E-state index in [4.69, 9.17) is 27.9 Å². The third-order valence-electron chi connectivity index (χ3n) is 2.25. The van der Waals surface area contributed by atoms with E-state index in [1.54, 1.807) is 7.05 Å².